The summed E-state index contributed by atoms with van der Waals surface area (Å²) in [5.74, 6) is 1.88. The van der Waals surface area contributed by atoms with Crippen molar-refractivity contribution in [2.24, 2.45) is 0 Å². The first kappa shape index (κ1) is 23.1. The minimum atomic E-state index is -0.591. The van der Waals surface area contributed by atoms with Crippen LogP contribution < -0.4 is 24.3 Å². The molecule has 4 rings (SSSR count). The van der Waals surface area contributed by atoms with E-state index in [-0.39, 0.29) is 27.8 Å². The lowest BCUT2D eigenvalue weighted by Gasteiger charge is -2.37. The molecule has 3 N–H and O–H groups in total. The first-order chi connectivity index (χ1) is 15.7. The Morgan fingerprint density at radius 1 is 1.24 bits per heavy atom. The molecule has 0 aliphatic carbocycles. The van der Waals surface area contributed by atoms with E-state index in [1.807, 2.05) is 38.1 Å². The van der Waals surface area contributed by atoms with Crippen LogP contribution in [0.5, 0.6) is 28.7 Å². The summed E-state index contributed by atoms with van der Waals surface area (Å²) >= 11 is 1.24. The lowest BCUT2D eigenvalue weighted by molar-refractivity contribution is -0.118. The number of phenols is 1. The Morgan fingerprint density at radius 3 is 2.55 bits per heavy atom. The summed E-state index contributed by atoms with van der Waals surface area (Å²) in [6, 6.07) is 7.63. The van der Waals surface area contributed by atoms with Crippen molar-refractivity contribution in [1.82, 2.24) is 5.32 Å². The highest BCUT2D eigenvalue weighted by Crippen LogP contribution is 2.52. The Hall–Kier alpha value is -3.07. The zero-order valence-corrected chi connectivity index (χ0v) is 19.9. The summed E-state index contributed by atoms with van der Waals surface area (Å²) in [5, 5.41) is 20.5. The molecular formula is C24H28N2O6S. The summed E-state index contributed by atoms with van der Waals surface area (Å²) in [6.07, 6.45) is 1.99. The molecule has 9 heteroatoms. The van der Waals surface area contributed by atoms with Gasteiger partial charge in [-0.15, -0.1) is 0 Å². The number of hydrogen-bond donors (Lipinski definition) is 3. The monoisotopic (exact) mass is 472 g/mol. The molecule has 2 aliphatic rings. The van der Waals surface area contributed by atoms with E-state index in [4.69, 9.17) is 24.4 Å². The molecule has 2 aliphatic heterocycles. The van der Waals surface area contributed by atoms with Crippen molar-refractivity contribution >= 4 is 22.8 Å². The van der Waals surface area contributed by atoms with Gasteiger partial charge in [-0.25, -0.2) is 0 Å². The molecule has 0 aromatic heterocycles. The number of fused-ring (bicyclic) bond motifs is 1. The second kappa shape index (κ2) is 9.05. The van der Waals surface area contributed by atoms with E-state index < -0.39 is 5.60 Å². The van der Waals surface area contributed by atoms with E-state index in [0.29, 0.717) is 43.1 Å². The van der Waals surface area contributed by atoms with E-state index >= 15 is 0 Å². The number of benzene rings is 2. The minimum Gasteiger partial charge on any atom is -0.504 e. The molecule has 2 atom stereocenters. The van der Waals surface area contributed by atoms with Crippen LogP contribution in [0.1, 0.15) is 30.0 Å². The van der Waals surface area contributed by atoms with Gasteiger partial charge in [0.2, 0.25) is 17.4 Å². The molecule has 0 bridgehead atoms. The van der Waals surface area contributed by atoms with Crippen molar-refractivity contribution in [1.29, 1.82) is 5.41 Å². The highest BCUT2D eigenvalue weighted by atomic mass is 32.2. The topological polar surface area (TPSA) is 110 Å². The molecule has 1 fully saturated rings. The fraction of sp³-hybridized carbons (Fsp3) is 0.417. The van der Waals surface area contributed by atoms with E-state index in [0.717, 1.165) is 16.7 Å². The van der Waals surface area contributed by atoms with Gasteiger partial charge in [0, 0.05) is 11.1 Å². The molecule has 8 nitrogen and oxygen atoms in total. The molecule has 1 amide bonds. The molecule has 1 saturated heterocycles. The number of hydrogen-bond acceptors (Lipinski definition) is 8. The van der Waals surface area contributed by atoms with E-state index in [9.17, 15) is 9.90 Å². The molecule has 2 aromatic carbocycles. The Balaban J connectivity index is 1.44. The van der Waals surface area contributed by atoms with Crippen LogP contribution in [0, 0.1) is 12.3 Å². The smallest absolute Gasteiger partial charge is 0.239 e. The molecule has 0 spiro atoms. The first-order valence-electron chi connectivity index (χ1n) is 10.7. The quantitative estimate of drug-likeness (QED) is 0.565. The number of ether oxygens (including phenoxy) is 4. The third kappa shape index (κ3) is 4.55. The van der Waals surface area contributed by atoms with Gasteiger partial charge in [-0.1, -0.05) is 23.9 Å². The maximum absolute atomic E-state index is 11.8. The van der Waals surface area contributed by atoms with Crippen LogP contribution >= 0.6 is 11.8 Å². The average molecular weight is 473 g/mol. The number of carbonyl (C=O) groups excluding carboxylic acids is 1. The fourth-order valence-corrected chi connectivity index (χ4v) is 5.01. The Bertz CT molecular complexity index is 1090. The van der Waals surface area contributed by atoms with Gasteiger partial charge < -0.3 is 29.4 Å². The molecular weight excluding hydrogens is 444 g/mol. The van der Waals surface area contributed by atoms with Gasteiger partial charge in [-0.3, -0.25) is 10.2 Å². The van der Waals surface area contributed by atoms with Crippen LogP contribution in [-0.2, 0) is 17.6 Å². The van der Waals surface area contributed by atoms with Crippen molar-refractivity contribution in [2.45, 2.75) is 44.0 Å². The lowest BCUT2D eigenvalue weighted by atomic mass is 9.90. The number of amidine groups is 1. The standard InChI is InChI=1S/C24H28N2O6S/c1-13-16-9-10-24(2,32-19(16)21(30-4)20(29-3)18(13)27)12-31-15-7-5-14(6-8-15)11-17-22(28)26-23(25)33-17/h5-8,17,27H,9-12H2,1-4H3,(H2,25,26,28). The molecule has 2 heterocycles. The van der Waals surface area contributed by atoms with Crippen LogP contribution in [-0.4, -0.2) is 47.9 Å². The number of nitrogens with one attached hydrogen (secondary N) is 2. The third-order valence-electron chi connectivity index (χ3n) is 6.05. The van der Waals surface area contributed by atoms with Gasteiger partial charge in [-0.2, -0.15) is 0 Å². The van der Waals surface area contributed by atoms with Gasteiger partial charge in [0.25, 0.3) is 0 Å². The molecule has 2 aromatic rings. The summed E-state index contributed by atoms with van der Waals surface area (Å²) in [7, 11) is 3.01. The summed E-state index contributed by atoms with van der Waals surface area (Å²) in [5.41, 5.74) is 2.05. The number of phenolic OH excluding ortho intramolecular Hbond substituents is 1. The summed E-state index contributed by atoms with van der Waals surface area (Å²) < 4.78 is 23.3. The van der Waals surface area contributed by atoms with Crippen LogP contribution in [0.25, 0.3) is 0 Å². The van der Waals surface area contributed by atoms with Gasteiger partial charge >= 0.3 is 0 Å². The number of rotatable bonds is 7. The van der Waals surface area contributed by atoms with Crippen LogP contribution in [0.4, 0.5) is 0 Å². The number of thioether (sulfide) groups is 1. The van der Waals surface area contributed by atoms with Crippen LogP contribution in [0.2, 0.25) is 0 Å². The predicted molar refractivity (Wildman–Crippen MR) is 126 cm³/mol. The van der Waals surface area contributed by atoms with Crippen molar-refractivity contribution < 1.29 is 28.8 Å². The molecule has 0 radical (unpaired) electrons. The fourth-order valence-electron chi connectivity index (χ4n) is 4.13. The van der Waals surface area contributed by atoms with Crippen LogP contribution in [0.15, 0.2) is 24.3 Å². The maximum Gasteiger partial charge on any atom is 0.239 e. The van der Waals surface area contributed by atoms with E-state index in [1.54, 1.807) is 0 Å². The lowest BCUT2D eigenvalue weighted by Crippen LogP contribution is -2.42. The zero-order chi connectivity index (χ0) is 23.8. The van der Waals surface area contributed by atoms with Crippen molar-refractivity contribution in [2.75, 3.05) is 20.8 Å². The third-order valence-corrected chi connectivity index (χ3v) is 7.05. The van der Waals surface area contributed by atoms with Gasteiger partial charge in [0.05, 0.1) is 19.5 Å². The van der Waals surface area contributed by atoms with Crippen molar-refractivity contribution in [3.63, 3.8) is 0 Å². The second-order valence-electron chi connectivity index (χ2n) is 8.46. The largest absolute Gasteiger partial charge is 0.504 e. The zero-order valence-electron chi connectivity index (χ0n) is 19.1. The van der Waals surface area contributed by atoms with E-state index in [1.165, 1.54) is 26.0 Å². The summed E-state index contributed by atoms with van der Waals surface area (Å²) in [6.45, 7) is 4.16. The Labute approximate surface area is 197 Å². The molecule has 176 valence electrons. The highest BCUT2D eigenvalue weighted by Gasteiger charge is 2.37. The Morgan fingerprint density at radius 2 is 1.94 bits per heavy atom. The van der Waals surface area contributed by atoms with Gasteiger partial charge in [0.15, 0.2) is 16.7 Å². The van der Waals surface area contributed by atoms with Crippen molar-refractivity contribution in [3.8, 4) is 28.7 Å². The number of amides is 1. The van der Waals surface area contributed by atoms with Gasteiger partial charge in [0.1, 0.15) is 18.0 Å². The number of methoxy groups -OCH3 is 2. The molecule has 2 unspecified atom stereocenters. The van der Waals surface area contributed by atoms with Crippen LogP contribution in [0.3, 0.4) is 0 Å². The second-order valence-corrected chi connectivity index (χ2v) is 9.67. The number of carbonyl (C=O) groups is 1. The normalized spacial score (nSPS) is 21.8. The number of aromatic hydroxyl groups is 1. The highest BCUT2D eigenvalue weighted by molar-refractivity contribution is 8.15. The first-order valence-corrected chi connectivity index (χ1v) is 11.6. The van der Waals surface area contributed by atoms with E-state index in [2.05, 4.69) is 5.32 Å². The summed E-state index contributed by atoms with van der Waals surface area (Å²) in [4.78, 5) is 11.8. The predicted octanol–water partition coefficient (Wildman–Crippen LogP) is 3.59. The maximum atomic E-state index is 11.8. The SMILES string of the molecule is COc1c(O)c(C)c2c(c1OC)OC(C)(COc1ccc(CC3SC(=N)NC3=O)cc1)CC2. The molecule has 33 heavy (non-hydrogen) atoms. The molecule has 0 saturated carbocycles. The minimum absolute atomic E-state index is 0.0713. The average Bonchev–Trinajstić information content (AvgIpc) is 3.11. The van der Waals surface area contributed by atoms with Crippen molar-refractivity contribution in [3.05, 3.63) is 41.0 Å². The van der Waals surface area contributed by atoms with Gasteiger partial charge in [-0.05, 0) is 50.8 Å². The Kier molecular flexibility index (Phi) is 6.34.